The molecule has 0 saturated heterocycles. The molecular formula is C48H37N3O. The molecule has 2 atom stereocenters. The van der Waals surface area contributed by atoms with E-state index in [4.69, 9.17) is 14.4 Å². The van der Waals surface area contributed by atoms with Crippen LogP contribution < -0.4 is 0 Å². The summed E-state index contributed by atoms with van der Waals surface area (Å²) >= 11 is 0. The normalized spacial score (nSPS) is 16.9. The number of furan rings is 1. The van der Waals surface area contributed by atoms with E-state index in [2.05, 4.69) is 127 Å². The molecule has 0 spiro atoms. The largest absolute Gasteiger partial charge is 0.459 e. The number of benzene rings is 6. The standard InChI is InChI=1S/C48H37N3O/c1-49-47(51-48(35-17-6-3-7-18-35)50-31-32-14-4-2-5-15-32)36-28-26-34(27-29-36)43-30-44-42-25-13-24-41(38-23-12-19-33-16-8-9-20-37(33)38)45(42)52-46(44)40-22-11-10-21-39(40)43/h2-22,25-30,38,41H,1,23-24,31H2/b50-48-,51-47-. The number of hydrogen-bond acceptors (Lipinski definition) is 2. The van der Waals surface area contributed by atoms with Crippen molar-refractivity contribution in [3.8, 4) is 11.1 Å². The molecule has 7 aromatic rings. The maximum absolute atomic E-state index is 6.94. The summed E-state index contributed by atoms with van der Waals surface area (Å²) in [5.41, 5.74) is 10.1. The van der Waals surface area contributed by atoms with Crippen LogP contribution in [0.15, 0.2) is 171 Å². The van der Waals surface area contributed by atoms with Crippen molar-refractivity contribution >= 4 is 52.3 Å². The zero-order valence-corrected chi connectivity index (χ0v) is 28.8. The van der Waals surface area contributed by atoms with E-state index in [-0.39, 0.29) is 5.92 Å². The van der Waals surface area contributed by atoms with E-state index < -0.39 is 0 Å². The van der Waals surface area contributed by atoms with Crippen molar-refractivity contribution < 1.29 is 4.42 Å². The van der Waals surface area contributed by atoms with E-state index in [0.29, 0.717) is 24.1 Å². The maximum Gasteiger partial charge on any atom is 0.161 e. The van der Waals surface area contributed by atoms with Gasteiger partial charge < -0.3 is 4.42 Å². The lowest BCUT2D eigenvalue weighted by Gasteiger charge is -2.30. The fourth-order valence-corrected chi connectivity index (χ4v) is 7.90. The van der Waals surface area contributed by atoms with Crippen LogP contribution in [0.5, 0.6) is 0 Å². The first kappa shape index (κ1) is 31.6. The van der Waals surface area contributed by atoms with Crippen LogP contribution >= 0.6 is 0 Å². The second-order valence-electron chi connectivity index (χ2n) is 13.5. The Kier molecular flexibility index (Phi) is 8.34. The molecule has 250 valence electrons. The Morgan fingerprint density at radius 2 is 1.31 bits per heavy atom. The third-order valence-corrected chi connectivity index (χ3v) is 10.4. The Balaban J connectivity index is 1.10. The Morgan fingerprint density at radius 1 is 0.635 bits per heavy atom. The zero-order chi connectivity index (χ0) is 34.9. The fourth-order valence-electron chi connectivity index (χ4n) is 7.90. The molecule has 2 unspecified atom stereocenters. The molecule has 0 amide bonds. The molecule has 52 heavy (non-hydrogen) atoms. The van der Waals surface area contributed by atoms with Gasteiger partial charge in [0.2, 0.25) is 0 Å². The minimum atomic E-state index is 0.279. The molecule has 0 fully saturated rings. The van der Waals surface area contributed by atoms with Gasteiger partial charge in [0.25, 0.3) is 0 Å². The van der Waals surface area contributed by atoms with Crippen LogP contribution in [-0.2, 0) is 6.54 Å². The summed E-state index contributed by atoms with van der Waals surface area (Å²) in [4.78, 5) is 14.2. The molecule has 0 saturated carbocycles. The molecule has 0 aliphatic heterocycles. The third-order valence-electron chi connectivity index (χ3n) is 10.4. The second-order valence-corrected chi connectivity index (χ2v) is 13.5. The lowest BCUT2D eigenvalue weighted by molar-refractivity contribution is 0.433. The monoisotopic (exact) mass is 671 g/mol. The topological polar surface area (TPSA) is 50.2 Å². The summed E-state index contributed by atoms with van der Waals surface area (Å²) in [6.07, 6.45) is 11.2. The van der Waals surface area contributed by atoms with Crippen molar-refractivity contribution in [3.05, 3.63) is 191 Å². The van der Waals surface area contributed by atoms with Crippen LogP contribution in [0.3, 0.4) is 0 Å². The Bertz CT molecular complexity index is 2550. The second kappa shape index (κ2) is 13.7. The summed E-state index contributed by atoms with van der Waals surface area (Å²) in [7, 11) is 0. The molecule has 1 aromatic heterocycles. The van der Waals surface area contributed by atoms with Gasteiger partial charge in [0.15, 0.2) is 11.7 Å². The fraction of sp³-hybridized carbons (Fsp3) is 0.104. The lowest BCUT2D eigenvalue weighted by atomic mass is 9.74. The lowest BCUT2D eigenvalue weighted by Crippen LogP contribution is -2.15. The predicted molar refractivity (Wildman–Crippen MR) is 218 cm³/mol. The molecule has 0 N–H and O–H groups in total. The SMILES string of the molecule is C=N/C(=N\C(=N/Cc1ccccc1)c1ccccc1)c1ccc(-c2cc3c4c(oc3c3ccccc23)C(C2CC=Cc3ccccc32)CC=C4)cc1. The highest BCUT2D eigenvalue weighted by molar-refractivity contribution is 6.15. The van der Waals surface area contributed by atoms with Crippen molar-refractivity contribution in [1.29, 1.82) is 0 Å². The quantitative estimate of drug-likeness (QED) is 0.128. The van der Waals surface area contributed by atoms with Crippen LogP contribution in [0.25, 0.3) is 45.0 Å². The van der Waals surface area contributed by atoms with E-state index in [1.807, 2.05) is 48.5 Å². The van der Waals surface area contributed by atoms with Crippen molar-refractivity contribution in [2.45, 2.75) is 31.2 Å². The van der Waals surface area contributed by atoms with Gasteiger partial charge in [0, 0.05) is 33.4 Å². The summed E-state index contributed by atoms with van der Waals surface area (Å²) in [6.45, 7) is 4.41. The number of amidine groups is 2. The van der Waals surface area contributed by atoms with Crippen LogP contribution in [0.1, 0.15) is 63.8 Å². The molecule has 0 bridgehead atoms. The van der Waals surface area contributed by atoms with Crippen molar-refractivity contribution in [1.82, 2.24) is 0 Å². The average molecular weight is 672 g/mol. The maximum atomic E-state index is 6.94. The van der Waals surface area contributed by atoms with Gasteiger partial charge in [-0.25, -0.2) is 9.98 Å². The van der Waals surface area contributed by atoms with Gasteiger partial charge in [-0.2, -0.15) is 0 Å². The Morgan fingerprint density at radius 3 is 2.12 bits per heavy atom. The molecule has 6 aromatic carbocycles. The highest BCUT2D eigenvalue weighted by Gasteiger charge is 2.33. The molecular weight excluding hydrogens is 635 g/mol. The molecule has 9 rings (SSSR count). The van der Waals surface area contributed by atoms with E-state index in [1.54, 1.807) is 0 Å². The molecule has 1 heterocycles. The molecule has 4 heteroatoms. The number of allylic oxidation sites excluding steroid dienone is 2. The predicted octanol–water partition coefficient (Wildman–Crippen LogP) is 12.0. The minimum Gasteiger partial charge on any atom is -0.459 e. The van der Waals surface area contributed by atoms with Crippen molar-refractivity contribution in [3.63, 3.8) is 0 Å². The van der Waals surface area contributed by atoms with Crippen molar-refractivity contribution in [2.24, 2.45) is 15.0 Å². The number of rotatable bonds is 6. The van der Waals surface area contributed by atoms with Gasteiger partial charge in [0.05, 0.1) is 6.54 Å². The number of fused-ring (bicyclic) bond motifs is 6. The zero-order valence-electron chi connectivity index (χ0n) is 28.8. The number of hydrogen-bond donors (Lipinski definition) is 0. The first-order chi connectivity index (χ1) is 25.7. The summed E-state index contributed by atoms with van der Waals surface area (Å²) < 4.78 is 6.94. The summed E-state index contributed by atoms with van der Waals surface area (Å²) in [5.74, 6) is 2.91. The van der Waals surface area contributed by atoms with Gasteiger partial charge in [-0.1, -0.05) is 158 Å². The van der Waals surface area contributed by atoms with Crippen molar-refractivity contribution in [2.75, 3.05) is 0 Å². The summed E-state index contributed by atoms with van der Waals surface area (Å²) in [5, 5.41) is 3.45. The minimum absolute atomic E-state index is 0.279. The molecule has 2 aliphatic rings. The van der Waals surface area contributed by atoms with Crippen LogP contribution in [0, 0.1) is 0 Å². The highest BCUT2D eigenvalue weighted by atomic mass is 16.3. The van der Waals surface area contributed by atoms with Gasteiger partial charge in [0.1, 0.15) is 11.3 Å². The number of aliphatic imine (C=N–C) groups is 3. The van der Waals surface area contributed by atoms with Gasteiger partial charge in [-0.15, -0.1) is 0 Å². The van der Waals surface area contributed by atoms with E-state index in [9.17, 15) is 0 Å². The van der Waals surface area contributed by atoms with Gasteiger partial charge >= 0.3 is 0 Å². The summed E-state index contributed by atoms with van der Waals surface area (Å²) in [6, 6.07) is 48.5. The molecule has 4 nitrogen and oxygen atoms in total. The third kappa shape index (κ3) is 5.82. The van der Waals surface area contributed by atoms with Gasteiger partial charge in [-0.05, 0) is 64.7 Å². The van der Waals surface area contributed by atoms with Crippen LogP contribution in [0.4, 0.5) is 0 Å². The number of nitrogens with zero attached hydrogens (tertiary/aromatic N) is 3. The Hall–Kier alpha value is -6.39. The van der Waals surface area contributed by atoms with E-state index >= 15 is 0 Å². The van der Waals surface area contributed by atoms with Gasteiger partial charge in [-0.3, -0.25) is 4.99 Å². The first-order valence-electron chi connectivity index (χ1n) is 18.0. The highest BCUT2D eigenvalue weighted by Crippen LogP contribution is 2.49. The molecule has 2 aliphatic carbocycles. The van der Waals surface area contributed by atoms with E-state index in [0.717, 1.165) is 62.6 Å². The van der Waals surface area contributed by atoms with Crippen LogP contribution in [-0.4, -0.2) is 18.4 Å². The molecule has 0 radical (unpaired) electrons. The Labute approximate surface area is 303 Å². The first-order valence-corrected chi connectivity index (χ1v) is 18.0. The van der Waals surface area contributed by atoms with Crippen LogP contribution in [0.2, 0.25) is 0 Å². The average Bonchev–Trinajstić information content (AvgIpc) is 3.60. The smallest absolute Gasteiger partial charge is 0.161 e. The van der Waals surface area contributed by atoms with E-state index in [1.165, 1.54) is 22.3 Å².